The van der Waals surface area contributed by atoms with Crippen molar-refractivity contribution in [2.75, 3.05) is 19.7 Å². The fourth-order valence-corrected chi connectivity index (χ4v) is 3.47. The van der Waals surface area contributed by atoms with E-state index in [-0.39, 0.29) is 17.9 Å². The van der Waals surface area contributed by atoms with Crippen LogP contribution in [0.4, 0.5) is 0 Å². The van der Waals surface area contributed by atoms with Crippen molar-refractivity contribution in [2.45, 2.75) is 32.6 Å². The zero-order chi connectivity index (χ0) is 16.3. The Hall–Kier alpha value is -1.94. The largest absolute Gasteiger partial charge is 0.396 e. The number of rotatable bonds is 4. The van der Waals surface area contributed by atoms with Gasteiger partial charge in [-0.2, -0.15) is 0 Å². The Morgan fingerprint density at radius 1 is 1.30 bits per heavy atom. The average molecular weight is 312 g/mol. The topological polar surface area (TPSA) is 53.4 Å². The van der Waals surface area contributed by atoms with Crippen LogP contribution >= 0.6 is 0 Å². The van der Waals surface area contributed by atoms with E-state index in [9.17, 15) is 9.90 Å². The number of pyridine rings is 1. The van der Waals surface area contributed by atoms with Crippen LogP contribution in [0, 0.1) is 5.41 Å². The van der Waals surface area contributed by atoms with E-state index in [1.807, 2.05) is 35.4 Å². The predicted octanol–water partition coefficient (Wildman–Crippen LogP) is 2.79. The lowest BCUT2D eigenvalue weighted by atomic mass is 9.77. The molecule has 122 valence electrons. The minimum absolute atomic E-state index is 0.0158. The number of piperidine rings is 1. The number of likely N-dealkylation sites (tertiary alicyclic amines) is 1. The molecule has 0 spiro atoms. The van der Waals surface area contributed by atoms with Gasteiger partial charge in [-0.15, -0.1) is 0 Å². The van der Waals surface area contributed by atoms with Crippen LogP contribution in [-0.4, -0.2) is 40.6 Å². The maximum atomic E-state index is 12.6. The molecule has 0 radical (unpaired) electrons. The zero-order valence-corrected chi connectivity index (χ0v) is 13.7. The summed E-state index contributed by atoms with van der Waals surface area (Å²) >= 11 is 0. The molecule has 1 N–H and O–H groups in total. The number of aromatic nitrogens is 1. The summed E-state index contributed by atoms with van der Waals surface area (Å²) in [5, 5.41) is 11.8. The van der Waals surface area contributed by atoms with Gasteiger partial charge in [0.15, 0.2) is 0 Å². The van der Waals surface area contributed by atoms with Gasteiger partial charge in [-0.25, -0.2) is 0 Å². The van der Waals surface area contributed by atoms with Crippen LogP contribution in [-0.2, 0) is 11.2 Å². The first-order chi connectivity index (χ1) is 11.2. The van der Waals surface area contributed by atoms with Crippen molar-refractivity contribution >= 4 is 16.7 Å². The summed E-state index contributed by atoms with van der Waals surface area (Å²) in [6, 6.07) is 8.00. The van der Waals surface area contributed by atoms with E-state index in [4.69, 9.17) is 0 Å². The molecule has 1 aromatic heterocycles. The van der Waals surface area contributed by atoms with Gasteiger partial charge in [0.05, 0.1) is 6.42 Å². The summed E-state index contributed by atoms with van der Waals surface area (Å²) in [6.07, 6.45) is 6.80. The summed E-state index contributed by atoms with van der Waals surface area (Å²) in [5.74, 6) is 0.178. The third kappa shape index (κ3) is 3.22. The van der Waals surface area contributed by atoms with E-state index in [1.54, 1.807) is 6.20 Å². The summed E-state index contributed by atoms with van der Waals surface area (Å²) in [5.41, 5.74) is 1.08. The number of benzene rings is 1. The van der Waals surface area contributed by atoms with Gasteiger partial charge < -0.3 is 10.0 Å². The number of aliphatic hydroxyl groups excluding tert-OH is 1. The molecule has 1 aliphatic rings. The standard InChI is InChI=1S/C19H24N2O2/c1-2-19(14-22)7-10-21(11-8-19)18(23)12-15-4-3-5-16-13-20-9-6-17(15)16/h3-6,9,13,22H,2,7-8,10-12,14H2,1H3. The molecule has 1 fully saturated rings. The predicted molar refractivity (Wildman–Crippen MR) is 91.1 cm³/mol. The number of carbonyl (C=O) groups is 1. The number of nitrogens with zero attached hydrogens (tertiary/aromatic N) is 2. The van der Waals surface area contributed by atoms with Crippen molar-refractivity contribution in [1.82, 2.24) is 9.88 Å². The molecule has 1 amide bonds. The van der Waals surface area contributed by atoms with Crippen molar-refractivity contribution in [2.24, 2.45) is 5.41 Å². The molecule has 0 bridgehead atoms. The van der Waals surface area contributed by atoms with Gasteiger partial charge in [-0.1, -0.05) is 25.1 Å². The van der Waals surface area contributed by atoms with Gasteiger partial charge in [0.2, 0.25) is 5.91 Å². The Morgan fingerprint density at radius 2 is 2.09 bits per heavy atom. The highest BCUT2D eigenvalue weighted by Gasteiger charge is 2.33. The highest BCUT2D eigenvalue weighted by Crippen LogP contribution is 2.34. The number of fused-ring (bicyclic) bond motifs is 1. The second-order valence-electron chi connectivity index (χ2n) is 6.58. The molecule has 0 unspecified atom stereocenters. The smallest absolute Gasteiger partial charge is 0.227 e. The minimum Gasteiger partial charge on any atom is -0.396 e. The number of aliphatic hydroxyl groups is 1. The SMILES string of the molecule is CCC1(CO)CCN(C(=O)Cc2cccc3cnccc23)CC1. The van der Waals surface area contributed by atoms with Gasteiger partial charge in [0.1, 0.15) is 0 Å². The lowest BCUT2D eigenvalue weighted by molar-refractivity contribution is -0.133. The van der Waals surface area contributed by atoms with E-state index < -0.39 is 0 Å². The van der Waals surface area contributed by atoms with Crippen LogP contribution in [0.3, 0.4) is 0 Å². The number of amides is 1. The van der Waals surface area contributed by atoms with Crippen LogP contribution in [0.15, 0.2) is 36.7 Å². The number of hydrogen-bond donors (Lipinski definition) is 1. The molecule has 2 heterocycles. The van der Waals surface area contributed by atoms with Crippen molar-refractivity contribution in [3.8, 4) is 0 Å². The van der Waals surface area contributed by atoms with Crippen molar-refractivity contribution in [3.63, 3.8) is 0 Å². The van der Waals surface area contributed by atoms with E-state index in [0.717, 1.165) is 48.7 Å². The molecular weight excluding hydrogens is 288 g/mol. The van der Waals surface area contributed by atoms with Crippen molar-refractivity contribution < 1.29 is 9.90 Å². The number of hydrogen-bond acceptors (Lipinski definition) is 3. The molecule has 0 aliphatic carbocycles. The van der Waals surface area contributed by atoms with Gasteiger partial charge in [0, 0.05) is 37.5 Å². The third-order valence-electron chi connectivity index (χ3n) is 5.37. The molecule has 0 saturated carbocycles. The van der Waals surface area contributed by atoms with Crippen molar-refractivity contribution in [1.29, 1.82) is 0 Å². The molecule has 0 atom stereocenters. The third-order valence-corrected chi connectivity index (χ3v) is 5.37. The molecule has 2 aromatic rings. The lowest BCUT2D eigenvalue weighted by Gasteiger charge is -2.40. The molecule has 23 heavy (non-hydrogen) atoms. The Labute approximate surface area is 137 Å². The molecule has 3 rings (SSSR count). The Morgan fingerprint density at radius 3 is 2.78 bits per heavy atom. The first-order valence-electron chi connectivity index (χ1n) is 8.38. The normalized spacial score (nSPS) is 17.4. The Kier molecular flexibility index (Phi) is 4.62. The van der Waals surface area contributed by atoms with E-state index in [0.29, 0.717) is 6.42 Å². The summed E-state index contributed by atoms with van der Waals surface area (Å²) in [4.78, 5) is 18.7. The van der Waals surface area contributed by atoms with Crippen LogP contribution in [0.2, 0.25) is 0 Å². The van der Waals surface area contributed by atoms with Gasteiger partial charge in [0.25, 0.3) is 0 Å². The van der Waals surface area contributed by atoms with Gasteiger partial charge >= 0.3 is 0 Å². The molecule has 4 heteroatoms. The van der Waals surface area contributed by atoms with Crippen molar-refractivity contribution in [3.05, 3.63) is 42.2 Å². The van der Waals surface area contributed by atoms with Gasteiger partial charge in [-0.3, -0.25) is 9.78 Å². The van der Waals surface area contributed by atoms with E-state index in [1.165, 1.54) is 0 Å². The van der Waals surface area contributed by atoms with Crippen LogP contribution < -0.4 is 0 Å². The summed E-state index contributed by atoms with van der Waals surface area (Å²) < 4.78 is 0. The second-order valence-corrected chi connectivity index (χ2v) is 6.58. The molecule has 1 aromatic carbocycles. The molecule has 1 saturated heterocycles. The summed E-state index contributed by atoms with van der Waals surface area (Å²) in [7, 11) is 0. The maximum absolute atomic E-state index is 12.6. The fourth-order valence-electron chi connectivity index (χ4n) is 3.47. The first-order valence-corrected chi connectivity index (χ1v) is 8.38. The summed E-state index contributed by atoms with van der Waals surface area (Å²) in [6.45, 7) is 3.85. The molecule has 4 nitrogen and oxygen atoms in total. The second kappa shape index (κ2) is 6.67. The van der Waals surface area contributed by atoms with Gasteiger partial charge in [-0.05, 0) is 41.7 Å². The first kappa shape index (κ1) is 15.9. The average Bonchev–Trinajstić information content (AvgIpc) is 2.62. The highest BCUT2D eigenvalue weighted by atomic mass is 16.3. The Balaban J connectivity index is 1.70. The number of carbonyl (C=O) groups excluding carboxylic acids is 1. The van der Waals surface area contributed by atoms with Crippen LogP contribution in [0.25, 0.3) is 10.8 Å². The highest BCUT2D eigenvalue weighted by molar-refractivity contribution is 5.89. The molecule has 1 aliphatic heterocycles. The maximum Gasteiger partial charge on any atom is 0.227 e. The Bertz CT molecular complexity index is 679. The minimum atomic E-state index is 0.0158. The lowest BCUT2D eigenvalue weighted by Crippen LogP contribution is -2.45. The van der Waals surface area contributed by atoms with E-state index in [2.05, 4.69) is 11.9 Å². The fraction of sp³-hybridized carbons (Fsp3) is 0.474. The quantitative estimate of drug-likeness (QED) is 0.944. The zero-order valence-electron chi connectivity index (χ0n) is 13.7. The molecular formula is C19H24N2O2. The monoisotopic (exact) mass is 312 g/mol. The van der Waals surface area contributed by atoms with E-state index >= 15 is 0 Å². The van der Waals surface area contributed by atoms with Crippen LogP contribution in [0.5, 0.6) is 0 Å². The van der Waals surface area contributed by atoms with Crippen LogP contribution in [0.1, 0.15) is 31.7 Å².